The van der Waals surface area contributed by atoms with Crippen LogP contribution in [0.5, 0.6) is 0 Å². The third-order valence-electron chi connectivity index (χ3n) is 3.43. The lowest BCUT2D eigenvalue weighted by Crippen LogP contribution is -2.21. The summed E-state index contributed by atoms with van der Waals surface area (Å²) in [6.07, 6.45) is 8.32. The van der Waals surface area contributed by atoms with Crippen LogP contribution in [-0.4, -0.2) is 17.0 Å². The normalized spacial score (nSPS) is 18.6. The second-order valence-corrected chi connectivity index (χ2v) is 5.86. The lowest BCUT2D eigenvalue weighted by Gasteiger charge is -2.19. The Labute approximate surface area is 111 Å². The van der Waals surface area contributed by atoms with Crippen LogP contribution in [0.2, 0.25) is 0 Å². The van der Waals surface area contributed by atoms with Gasteiger partial charge >= 0.3 is 0 Å². The number of hydrogen-bond acceptors (Lipinski definition) is 4. The van der Waals surface area contributed by atoms with Gasteiger partial charge in [-0.2, -0.15) is 0 Å². The zero-order valence-corrected chi connectivity index (χ0v) is 11.3. The first-order chi connectivity index (χ1) is 8.86. The van der Waals surface area contributed by atoms with Gasteiger partial charge in [0.25, 0.3) is 0 Å². The minimum atomic E-state index is 0.452. The number of nitrogens with one attached hydrogen (secondary N) is 1. The van der Waals surface area contributed by atoms with Crippen molar-refractivity contribution in [2.75, 3.05) is 7.05 Å². The highest BCUT2D eigenvalue weighted by Gasteiger charge is 2.23. The van der Waals surface area contributed by atoms with Gasteiger partial charge in [-0.15, -0.1) is 11.3 Å². The van der Waals surface area contributed by atoms with Crippen LogP contribution in [-0.2, 0) is 12.8 Å². The largest absolute Gasteiger partial charge is 0.312 e. The molecule has 94 valence electrons. The molecule has 1 aliphatic carbocycles. The van der Waals surface area contributed by atoms with E-state index in [1.165, 1.54) is 40.4 Å². The van der Waals surface area contributed by atoms with Crippen LogP contribution in [0.25, 0.3) is 0 Å². The van der Waals surface area contributed by atoms with E-state index < -0.39 is 0 Å². The van der Waals surface area contributed by atoms with Gasteiger partial charge in [-0.1, -0.05) is 6.07 Å². The number of hydrogen-bond donors (Lipinski definition) is 1. The van der Waals surface area contributed by atoms with Crippen molar-refractivity contribution in [3.8, 4) is 0 Å². The van der Waals surface area contributed by atoms with Crippen LogP contribution >= 0.6 is 11.3 Å². The Bertz CT molecular complexity index is 521. The number of nitrogens with zero attached hydrogens (tertiary/aromatic N) is 2. The molecule has 0 aliphatic heterocycles. The van der Waals surface area contributed by atoms with Crippen molar-refractivity contribution in [2.24, 2.45) is 0 Å². The molecule has 4 heteroatoms. The van der Waals surface area contributed by atoms with Crippen molar-refractivity contribution >= 4 is 11.3 Å². The summed E-state index contributed by atoms with van der Waals surface area (Å²) in [6, 6.07) is 4.55. The van der Waals surface area contributed by atoms with Crippen molar-refractivity contribution in [2.45, 2.75) is 31.7 Å². The van der Waals surface area contributed by atoms with Crippen LogP contribution in [0.4, 0.5) is 0 Å². The Kier molecular flexibility index (Phi) is 3.39. The molecule has 0 aromatic carbocycles. The van der Waals surface area contributed by atoms with Gasteiger partial charge in [-0.05, 0) is 37.9 Å². The highest BCUT2D eigenvalue weighted by atomic mass is 32.1. The van der Waals surface area contributed by atoms with Gasteiger partial charge in [-0.25, -0.2) is 4.98 Å². The van der Waals surface area contributed by atoms with E-state index in [0.29, 0.717) is 6.04 Å². The number of fused-ring (bicyclic) bond motifs is 1. The van der Waals surface area contributed by atoms with Gasteiger partial charge in [0.05, 0.1) is 16.7 Å². The monoisotopic (exact) mass is 259 g/mol. The highest BCUT2D eigenvalue weighted by molar-refractivity contribution is 7.11. The maximum Gasteiger partial charge on any atom is 0.0976 e. The molecule has 0 saturated carbocycles. The molecule has 2 aromatic heterocycles. The highest BCUT2D eigenvalue weighted by Crippen LogP contribution is 2.33. The fourth-order valence-electron chi connectivity index (χ4n) is 2.50. The molecule has 0 amide bonds. The zero-order chi connectivity index (χ0) is 12.4. The van der Waals surface area contributed by atoms with E-state index in [1.807, 2.05) is 36.8 Å². The SMILES string of the molecule is CNC1CCCc2sc(Cc3cccnc3)nc21. The van der Waals surface area contributed by atoms with Crippen molar-refractivity contribution in [3.63, 3.8) is 0 Å². The van der Waals surface area contributed by atoms with Gasteiger partial charge in [0.2, 0.25) is 0 Å². The molecule has 0 fully saturated rings. The second-order valence-electron chi connectivity index (χ2n) is 4.69. The van der Waals surface area contributed by atoms with Gasteiger partial charge in [-0.3, -0.25) is 4.98 Å². The molecule has 1 N–H and O–H groups in total. The van der Waals surface area contributed by atoms with Gasteiger partial charge in [0, 0.05) is 23.7 Å². The first-order valence-corrected chi connectivity index (χ1v) is 7.23. The lowest BCUT2D eigenvalue weighted by molar-refractivity contribution is 0.489. The summed E-state index contributed by atoms with van der Waals surface area (Å²) in [7, 11) is 2.03. The fourth-order valence-corrected chi connectivity index (χ4v) is 3.71. The third-order valence-corrected chi connectivity index (χ3v) is 4.56. The van der Waals surface area contributed by atoms with Crippen molar-refractivity contribution < 1.29 is 0 Å². The molecule has 3 rings (SSSR count). The summed E-state index contributed by atoms with van der Waals surface area (Å²) in [6.45, 7) is 0. The van der Waals surface area contributed by atoms with Crippen LogP contribution in [0.1, 0.15) is 40.0 Å². The van der Waals surface area contributed by atoms with E-state index in [9.17, 15) is 0 Å². The van der Waals surface area contributed by atoms with E-state index in [2.05, 4.69) is 16.4 Å². The van der Waals surface area contributed by atoms with E-state index >= 15 is 0 Å². The molecule has 1 aliphatic rings. The average molecular weight is 259 g/mol. The van der Waals surface area contributed by atoms with Gasteiger partial charge in [0.1, 0.15) is 0 Å². The molecule has 1 atom stereocenters. The Hall–Kier alpha value is -1.26. The molecule has 0 saturated heterocycles. The molecular weight excluding hydrogens is 242 g/mol. The van der Waals surface area contributed by atoms with E-state index in [0.717, 1.165) is 6.42 Å². The van der Waals surface area contributed by atoms with E-state index in [4.69, 9.17) is 4.98 Å². The quantitative estimate of drug-likeness (QED) is 0.921. The minimum absolute atomic E-state index is 0.452. The average Bonchev–Trinajstić information content (AvgIpc) is 2.82. The van der Waals surface area contributed by atoms with Crippen molar-refractivity contribution in [1.29, 1.82) is 0 Å². The Balaban J connectivity index is 1.84. The van der Waals surface area contributed by atoms with Crippen LogP contribution in [0.15, 0.2) is 24.5 Å². The third kappa shape index (κ3) is 2.31. The Morgan fingerprint density at radius 2 is 2.44 bits per heavy atom. The zero-order valence-electron chi connectivity index (χ0n) is 10.5. The Morgan fingerprint density at radius 3 is 3.22 bits per heavy atom. The topological polar surface area (TPSA) is 37.8 Å². The fraction of sp³-hybridized carbons (Fsp3) is 0.429. The molecule has 3 nitrogen and oxygen atoms in total. The van der Waals surface area contributed by atoms with Crippen molar-refractivity contribution in [3.05, 3.63) is 45.7 Å². The summed E-state index contributed by atoms with van der Waals surface area (Å²) in [4.78, 5) is 10.5. The maximum absolute atomic E-state index is 4.83. The lowest BCUT2D eigenvalue weighted by atomic mass is 9.98. The van der Waals surface area contributed by atoms with Crippen molar-refractivity contribution in [1.82, 2.24) is 15.3 Å². The Morgan fingerprint density at radius 1 is 1.50 bits per heavy atom. The van der Waals surface area contributed by atoms with Crippen LogP contribution in [0.3, 0.4) is 0 Å². The summed E-state index contributed by atoms with van der Waals surface area (Å²) < 4.78 is 0. The summed E-state index contributed by atoms with van der Waals surface area (Å²) >= 11 is 1.87. The molecule has 0 spiro atoms. The number of aryl methyl sites for hydroxylation is 1. The summed E-state index contributed by atoms with van der Waals surface area (Å²) in [5.74, 6) is 0. The predicted molar refractivity (Wildman–Crippen MR) is 73.9 cm³/mol. The minimum Gasteiger partial charge on any atom is -0.312 e. The van der Waals surface area contributed by atoms with Gasteiger partial charge < -0.3 is 5.32 Å². The first kappa shape index (κ1) is 11.8. The number of rotatable bonds is 3. The van der Waals surface area contributed by atoms with Crippen LogP contribution < -0.4 is 5.32 Å². The summed E-state index contributed by atoms with van der Waals surface area (Å²) in [5.41, 5.74) is 2.53. The van der Waals surface area contributed by atoms with Crippen LogP contribution in [0, 0.1) is 0 Å². The molecule has 2 heterocycles. The number of aromatic nitrogens is 2. The number of pyridine rings is 1. The maximum atomic E-state index is 4.83. The van der Waals surface area contributed by atoms with Gasteiger partial charge in [0.15, 0.2) is 0 Å². The number of thiazole rings is 1. The molecule has 2 aromatic rings. The smallest absolute Gasteiger partial charge is 0.0976 e. The first-order valence-electron chi connectivity index (χ1n) is 6.41. The second kappa shape index (κ2) is 5.16. The molecule has 0 bridgehead atoms. The molecule has 0 radical (unpaired) electrons. The molecule has 1 unspecified atom stereocenters. The van der Waals surface area contributed by atoms with E-state index in [1.54, 1.807) is 0 Å². The standard InChI is InChI=1S/C14H17N3S/c1-15-11-5-2-6-12-14(11)17-13(18-12)8-10-4-3-7-16-9-10/h3-4,7,9,11,15H,2,5-6,8H2,1H3. The molecular formula is C14H17N3S. The van der Waals surface area contributed by atoms with E-state index in [-0.39, 0.29) is 0 Å². The summed E-state index contributed by atoms with van der Waals surface area (Å²) in [5, 5.41) is 4.59. The molecule has 18 heavy (non-hydrogen) atoms. The predicted octanol–water partition coefficient (Wildman–Crippen LogP) is 2.73.